The summed E-state index contributed by atoms with van der Waals surface area (Å²) in [5.41, 5.74) is 8.23. The zero-order valence-electron chi connectivity index (χ0n) is 26.1. The predicted octanol–water partition coefficient (Wildman–Crippen LogP) is 7.71. The summed E-state index contributed by atoms with van der Waals surface area (Å²) in [6.45, 7) is 6.88. The van der Waals surface area contributed by atoms with Gasteiger partial charge in [0.05, 0.1) is 36.7 Å². The fraction of sp³-hybridized carbons (Fsp3) is 0.263. The van der Waals surface area contributed by atoms with Crippen molar-refractivity contribution in [3.63, 3.8) is 0 Å². The maximum Gasteiger partial charge on any atom is 0.355 e. The lowest BCUT2D eigenvalue weighted by molar-refractivity contribution is 0.0513. The van der Waals surface area contributed by atoms with Crippen LogP contribution in [-0.4, -0.2) is 40.1 Å². The van der Waals surface area contributed by atoms with Crippen LogP contribution < -0.4 is 9.64 Å². The number of hydrogen-bond donors (Lipinski definition) is 0. The fourth-order valence-corrected chi connectivity index (χ4v) is 6.92. The smallest absolute Gasteiger partial charge is 0.355 e. The van der Waals surface area contributed by atoms with Gasteiger partial charge in [-0.05, 0) is 55.8 Å². The minimum atomic E-state index is -0.279. The number of fused-ring (bicyclic) bond motifs is 3. The topological polar surface area (TPSA) is 61.5 Å². The van der Waals surface area contributed by atoms with Crippen LogP contribution >= 0.6 is 0 Å². The number of rotatable bonds is 8. The highest BCUT2D eigenvalue weighted by molar-refractivity contribution is 6.05. The van der Waals surface area contributed by atoms with E-state index < -0.39 is 0 Å². The Morgan fingerprint density at radius 1 is 0.889 bits per heavy atom. The lowest BCUT2D eigenvalue weighted by atomic mass is 9.98. The lowest BCUT2D eigenvalue weighted by Gasteiger charge is -2.25. The van der Waals surface area contributed by atoms with Gasteiger partial charge >= 0.3 is 5.97 Å². The second-order valence-electron chi connectivity index (χ2n) is 11.6. The average molecular weight is 599 g/mol. The molecule has 4 aromatic carbocycles. The van der Waals surface area contributed by atoms with Gasteiger partial charge < -0.3 is 18.9 Å². The van der Waals surface area contributed by atoms with Crippen LogP contribution in [0.25, 0.3) is 32.8 Å². The Labute approximate surface area is 263 Å². The van der Waals surface area contributed by atoms with Crippen LogP contribution in [0.5, 0.6) is 5.75 Å². The molecule has 45 heavy (non-hydrogen) atoms. The quantitative estimate of drug-likeness (QED) is 0.133. The molecular formula is C38H38N4O3. The maximum absolute atomic E-state index is 13.8. The Hall–Kier alpha value is -5.04. The van der Waals surface area contributed by atoms with Crippen LogP contribution in [0, 0.1) is 6.92 Å². The van der Waals surface area contributed by atoms with Crippen molar-refractivity contribution in [2.24, 2.45) is 7.05 Å². The maximum atomic E-state index is 13.8. The minimum absolute atomic E-state index is 0.279. The summed E-state index contributed by atoms with van der Waals surface area (Å²) in [7, 11) is 2.03. The highest BCUT2D eigenvalue weighted by Crippen LogP contribution is 2.40. The van der Waals surface area contributed by atoms with Gasteiger partial charge in [0.15, 0.2) is 0 Å². The van der Waals surface area contributed by atoms with Crippen molar-refractivity contribution in [3.05, 3.63) is 114 Å². The van der Waals surface area contributed by atoms with E-state index in [-0.39, 0.29) is 5.97 Å². The highest BCUT2D eigenvalue weighted by Gasteiger charge is 2.29. The molecule has 7 rings (SSSR count). The summed E-state index contributed by atoms with van der Waals surface area (Å²) < 4.78 is 16.3. The van der Waals surface area contributed by atoms with Gasteiger partial charge in [0.25, 0.3) is 0 Å². The minimum Gasteiger partial charge on any atom is -0.493 e. The average Bonchev–Trinajstić information content (AvgIpc) is 3.55. The van der Waals surface area contributed by atoms with E-state index in [1.54, 1.807) is 0 Å². The molecular weight excluding hydrogens is 560 g/mol. The van der Waals surface area contributed by atoms with Crippen molar-refractivity contribution in [1.29, 1.82) is 0 Å². The molecule has 1 aliphatic rings. The molecule has 7 heteroatoms. The molecule has 3 heterocycles. The van der Waals surface area contributed by atoms with Crippen LogP contribution in [0.1, 0.15) is 40.8 Å². The Morgan fingerprint density at radius 2 is 1.64 bits per heavy atom. The predicted molar refractivity (Wildman–Crippen MR) is 180 cm³/mol. The number of anilines is 1. The highest BCUT2D eigenvalue weighted by atomic mass is 16.5. The number of esters is 1. The van der Waals surface area contributed by atoms with Crippen LogP contribution in [-0.2, 0) is 31.3 Å². The largest absolute Gasteiger partial charge is 0.493 e. The summed E-state index contributed by atoms with van der Waals surface area (Å²) in [6.07, 6.45) is 1.44. The first-order valence-electron chi connectivity index (χ1n) is 15.8. The van der Waals surface area contributed by atoms with E-state index in [9.17, 15) is 4.79 Å². The number of carbonyl (C=O) groups excluding carboxylic acids is 1. The van der Waals surface area contributed by atoms with E-state index in [0.29, 0.717) is 38.4 Å². The molecule has 0 N–H and O–H groups in total. The molecule has 0 amide bonds. The molecule has 0 atom stereocenters. The van der Waals surface area contributed by atoms with Crippen molar-refractivity contribution >= 4 is 33.3 Å². The van der Waals surface area contributed by atoms with Gasteiger partial charge in [-0.15, -0.1) is 0 Å². The number of hydrogen-bond acceptors (Lipinski definition) is 5. The summed E-state index contributed by atoms with van der Waals surface area (Å²) >= 11 is 0. The van der Waals surface area contributed by atoms with Crippen LogP contribution in [0.4, 0.5) is 5.69 Å². The van der Waals surface area contributed by atoms with Gasteiger partial charge in [-0.2, -0.15) is 5.10 Å². The third kappa shape index (κ3) is 5.22. The number of aryl methyl sites for hydroxylation is 3. The first kappa shape index (κ1) is 28.7. The molecule has 0 bridgehead atoms. The molecule has 228 valence electrons. The zero-order valence-corrected chi connectivity index (χ0v) is 26.1. The summed E-state index contributed by atoms with van der Waals surface area (Å²) in [6, 6.07) is 31.3. The molecule has 0 saturated carbocycles. The normalized spacial score (nSPS) is 12.9. The third-order valence-electron chi connectivity index (χ3n) is 8.90. The van der Waals surface area contributed by atoms with E-state index in [0.717, 1.165) is 74.2 Å². The van der Waals surface area contributed by atoms with Crippen molar-refractivity contribution in [1.82, 2.24) is 14.3 Å². The van der Waals surface area contributed by atoms with Gasteiger partial charge in [0.1, 0.15) is 11.4 Å². The number of ether oxygens (including phenoxy) is 2. The first-order valence-corrected chi connectivity index (χ1v) is 15.8. The lowest BCUT2D eigenvalue weighted by Crippen LogP contribution is -2.28. The molecule has 0 radical (unpaired) electrons. The molecule has 0 aliphatic carbocycles. The van der Waals surface area contributed by atoms with Gasteiger partial charge in [0.2, 0.25) is 0 Å². The first-order chi connectivity index (χ1) is 22.0. The second-order valence-corrected chi connectivity index (χ2v) is 11.6. The van der Waals surface area contributed by atoms with E-state index in [4.69, 9.17) is 14.6 Å². The van der Waals surface area contributed by atoms with Crippen molar-refractivity contribution in [2.45, 2.75) is 39.8 Å². The molecule has 0 unspecified atom stereocenters. The Morgan fingerprint density at radius 3 is 2.49 bits per heavy atom. The van der Waals surface area contributed by atoms with Crippen LogP contribution in [0.15, 0.2) is 91.0 Å². The Balaban J connectivity index is 1.31. The Bertz CT molecular complexity index is 2000. The number of para-hydroxylation sites is 2. The molecule has 0 fully saturated rings. The van der Waals surface area contributed by atoms with Gasteiger partial charge in [-0.3, -0.25) is 4.68 Å². The summed E-state index contributed by atoms with van der Waals surface area (Å²) in [5, 5.41) is 8.22. The molecule has 1 aliphatic heterocycles. The number of carbonyl (C=O) groups is 1. The standard InChI is InChI=1S/C38H38N4O3/c1-4-44-38(43)37-31(20-12-24-45-34-21-10-14-27-13-8-9-17-29(27)34)30-18-11-19-32-35-26(2)39-40(3)33(35)25-41(22-23-42(37)36(30)32)28-15-6-5-7-16-28/h5-11,13-19,21H,4,12,20,22-25H2,1-3H3. The zero-order chi connectivity index (χ0) is 30.9. The van der Waals surface area contributed by atoms with E-state index in [1.807, 2.05) is 49.0 Å². The van der Waals surface area contributed by atoms with Crippen molar-refractivity contribution in [2.75, 3.05) is 24.7 Å². The van der Waals surface area contributed by atoms with E-state index in [1.165, 1.54) is 0 Å². The van der Waals surface area contributed by atoms with Crippen molar-refractivity contribution < 1.29 is 14.3 Å². The molecule has 6 aromatic rings. The van der Waals surface area contributed by atoms with E-state index >= 15 is 0 Å². The van der Waals surface area contributed by atoms with Gasteiger partial charge in [0, 0.05) is 47.7 Å². The fourth-order valence-electron chi connectivity index (χ4n) is 6.92. The molecule has 0 saturated heterocycles. The van der Waals surface area contributed by atoms with Gasteiger partial charge in [-0.25, -0.2) is 4.79 Å². The second kappa shape index (κ2) is 12.2. The SMILES string of the molecule is CCOC(=O)c1c(CCCOc2cccc3ccccc23)c2cccc3c2n1CCN(c1ccccc1)Cc1c-3c(C)nn1C. The molecule has 7 nitrogen and oxygen atoms in total. The van der Waals surface area contributed by atoms with Crippen molar-refractivity contribution in [3.8, 4) is 16.9 Å². The van der Waals surface area contributed by atoms with Crippen LogP contribution in [0.2, 0.25) is 0 Å². The number of nitrogens with zero attached hydrogens (tertiary/aromatic N) is 4. The third-order valence-corrected chi connectivity index (χ3v) is 8.90. The van der Waals surface area contributed by atoms with Crippen LogP contribution in [0.3, 0.4) is 0 Å². The summed E-state index contributed by atoms with van der Waals surface area (Å²) in [5.74, 6) is 0.601. The molecule has 2 aromatic heterocycles. The summed E-state index contributed by atoms with van der Waals surface area (Å²) in [4.78, 5) is 16.2. The number of aromatic nitrogens is 3. The monoisotopic (exact) mass is 598 g/mol. The molecule has 0 spiro atoms. The Kier molecular flexibility index (Phi) is 7.76. The van der Waals surface area contributed by atoms with E-state index in [2.05, 4.69) is 77.1 Å². The number of benzene rings is 4. The van der Waals surface area contributed by atoms with Gasteiger partial charge in [-0.1, -0.05) is 72.8 Å².